The summed E-state index contributed by atoms with van der Waals surface area (Å²) in [6, 6.07) is 6.32. The number of carbonyl (C=O) groups excluding carboxylic acids is 1. The summed E-state index contributed by atoms with van der Waals surface area (Å²) in [5, 5.41) is 6.31. The molecule has 0 atom stereocenters. The minimum atomic E-state index is 0.0971. The maximum absolute atomic E-state index is 12.0. The van der Waals surface area contributed by atoms with E-state index in [1.165, 1.54) is 24.0 Å². The van der Waals surface area contributed by atoms with Gasteiger partial charge in [0, 0.05) is 31.9 Å². The van der Waals surface area contributed by atoms with Crippen molar-refractivity contribution in [1.82, 2.24) is 10.2 Å². The number of piperazine rings is 1. The van der Waals surface area contributed by atoms with Gasteiger partial charge in [-0.2, -0.15) is 0 Å². The third-order valence-corrected chi connectivity index (χ3v) is 3.96. The van der Waals surface area contributed by atoms with Crippen molar-refractivity contribution in [3.8, 4) is 0 Å². The first-order valence-corrected chi connectivity index (χ1v) is 7.16. The van der Waals surface area contributed by atoms with Gasteiger partial charge >= 0.3 is 0 Å². The molecule has 19 heavy (non-hydrogen) atoms. The summed E-state index contributed by atoms with van der Waals surface area (Å²) in [7, 11) is 0. The van der Waals surface area contributed by atoms with Gasteiger partial charge < -0.3 is 10.6 Å². The van der Waals surface area contributed by atoms with E-state index in [2.05, 4.69) is 27.7 Å². The van der Waals surface area contributed by atoms with E-state index in [9.17, 15) is 4.79 Å². The Bertz CT molecular complexity index is 466. The van der Waals surface area contributed by atoms with Gasteiger partial charge in [-0.05, 0) is 42.5 Å². The van der Waals surface area contributed by atoms with Crippen molar-refractivity contribution in [3.63, 3.8) is 0 Å². The highest BCUT2D eigenvalue weighted by Gasteiger charge is 2.15. The van der Waals surface area contributed by atoms with E-state index in [1.54, 1.807) is 0 Å². The molecule has 1 heterocycles. The largest absolute Gasteiger partial charge is 0.325 e. The highest BCUT2D eigenvalue weighted by molar-refractivity contribution is 5.92. The Hall–Kier alpha value is -1.39. The van der Waals surface area contributed by atoms with Crippen LogP contribution in [0.4, 0.5) is 5.69 Å². The maximum Gasteiger partial charge on any atom is 0.238 e. The van der Waals surface area contributed by atoms with Crippen LogP contribution in [0.3, 0.4) is 0 Å². The molecule has 3 rings (SSSR count). The molecule has 0 bridgehead atoms. The normalized spacial score (nSPS) is 19.2. The zero-order valence-corrected chi connectivity index (χ0v) is 11.2. The van der Waals surface area contributed by atoms with Crippen molar-refractivity contribution in [3.05, 3.63) is 29.3 Å². The van der Waals surface area contributed by atoms with Crippen LogP contribution in [-0.4, -0.2) is 43.5 Å². The molecule has 1 saturated heterocycles. The molecule has 0 aromatic heterocycles. The molecule has 2 N–H and O–H groups in total. The number of rotatable bonds is 3. The van der Waals surface area contributed by atoms with Gasteiger partial charge in [0.15, 0.2) is 0 Å². The van der Waals surface area contributed by atoms with Gasteiger partial charge in [0.25, 0.3) is 0 Å². The van der Waals surface area contributed by atoms with Crippen LogP contribution < -0.4 is 10.6 Å². The number of amides is 1. The number of anilines is 1. The first-order chi connectivity index (χ1) is 9.31. The molecule has 102 valence electrons. The Labute approximate surface area is 114 Å². The molecule has 2 aliphatic rings. The van der Waals surface area contributed by atoms with E-state index < -0.39 is 0 Å². The average molecular weight is 259 g/mol. The van der Waals surface area contributed by atoms with Gasteiger partial charge in [-0.25, -0.2) is 0 Å². The van der Waals surface area contributed by atoms with Gasteiger partial charge in [0.2, 0.25) is 5.91 Å². The van der Waals surface area contributed by atoms with Crippen molar-refractivity contribution in [2.45, 2.75) is 19.3 Å². The lowest BCUT2D eigenvalue weighted by atomic mass is 10.1. The van der Waals surface area contributed by atoms with Crippen molar-refractivity contribution in [1.29, 1.82) is 0 Å². The minimum Gasteiger partial charge on any atom is -0.325 e. The molecule has 1 aromatic carbocycles. The summed E-state index contributed by atoms with van der Waals surface area (Å²) < 4.78 is 0. The second-order valence-electron chi connectivity index (χ2n) is 5.41. The molecule has 1 aromatic rings. The standard InChI is InChI=1S/C15H21N3O/c19-15(11-18-8-6-16-7-9-18)17-14-5-4-12-2-1-3-13(12)10-14/h4-5,10,16H,1-3,6-9,11H2,(H,17,19). The fourth-order valence-electron chi connectivity index (χ4n) is 2.92. The van der Waals surface area contributed by atoms with E-state index in [-0.39, 0.29) is 5.91 Å². The molecule has 1 fully saturated rings. The van der Waals surface area contributed by atoms with E-state index in [1.807, 2.05) is 6.07 Å². The van der Waals surface area contributed by atoms with E-state index in [0.717, 1.165) is 38.3 Å². The van der Waals surface area contributed by atoms with Crippen LogP contribution in [0.15, 0.2) is 18.2 Å². The van der Waals surface area contributed by atoms with Crippen LogP contribution in [0.2, 0.25) is 0 Å². The molecule has 0 radical (unpaired) electrons. The van der Waals surface area contributed by atoms with Gasteiger partial charge in [-0.15, -0.1) is 0 Å². The third kappa shape index (κ3) is 3.14. The van der Waals surface area contributed by atoms with Gasteiger partial charge in [-0.3, -0.25) is 9.69 Å². The summed E-state index contributed by atoms with van der Waals surface area (Å²) in [5.41, 5.74) is 3.79. The van der Waals surface area contributed by atoms with Crippen molar-refractivity contribution >= 4 is 11.6 Å². The Balaban J connectivity index is 1.56. The van der Waals surface area contributed by atoms with Crippen LogP contribution in [0, 0.1) is 0 Å². The van der Waals surface area contributed by atoms with E-state index in [0.29, 0.717) is 6.54 Å². The third-order valence-electron chi connectivity index (χ3n) is 3.96. The van der Waals surface area contributed by atoms with Gasteiger partial charge in [0.05, 0.1) is 6.54 Å². The summed E-state index contributed by atoms with van der Waals surface area (Å²) in [5.74, 6) is 0.0971. The SMILES string of the molecule is O=C(CN1CCNCC1)Nc1ccc2c(c1)CCC2. The summed E-state index contributed by atoms with van der Waals surface area (Å²) in [6.07, 6.45) is 3.58. The van der Waals surface area contributed by atoms with E-state index >= 15 is 0 Å². The molecule has 1 amide bonds. The number of fused-ring (bicyclic) bond motifs is 1. The molecule has 0 unspecified atom stereocenters. The summed E-state index contributed by atoms with van der Waals surface area (Å²) in [6.45, 7) is 4.37. The van der Waals surface area contributed by atoms with Crippen molar-refractivity contribution < 1.29 is 4.79 Å². The quantitative estimate of drug-likeness (QED) is 0.852. The molecule has 4 nitrogen and oxygen atoms in total. The number of nitrogens with zero attached hydrogens (tertiary/aromatic N) is 1. The second kappa shape index (κ2) is 5.72. The lowest BCUT2D eigenvalue weighted by molar-refractivity contribution is -0.117. The molecular weight excluding hydrogens is 238 g/mol. The predicted molar refractivity (Wildman–Crippen MR) is 76.4 cm³/mol. The van der Waals surface area contributed by atoms with Gasteiger partial charge in [-0.1, -0.05) is 6.07 Å². The summed E-state index contributed by atoms with van der Waals surface area (Å²) >= 11 is 0. The monoisotopic (exact) mass is 259 g/mol. The van der Waals surface area contributed by atoms with Crippen LogP contribution in [0.25, 0.3) is 0 Å². The maximum atomic E-state index is 12.0. The van der Waals surface area contributed by atoms with Crippen LogP contribution in [-0.2, 0) is 17.6 Å². The van der Waals surface area contributed by atoms with Crippen LogP contribution in [0.5, 0.6) is 0 Å². The molecule has 1 aliphatic carbocycles. The topological polar surface area (TPSA) is 44.4 Å². The fourth-order valence-corrected chi connectivity index (χ4v) is 2.92. The average Bonchev–Trinajstić information content (AvgIpc) is 2.87. The summed E-state index contributed by atoms with van der Waals surface area (Å²) in [4.78, 5) is 14.2. The molecular formula is C15H21N3O. The number of nitrogens with one attached hydrogen (secondary N) is 2. The molecule has 0 spiro atoms. The Morgan fingerprint density at radius 1 is 1.21 bits per heavy atom. The number of hydrogen-bond donors (Lipinski definition) is 2. The zero-order chi connectivity index (χ0) is 13.1. The highest BCUT2D eigenvalue weighted by Crippen LogP contribution is 2.24. The van der Waals surface area contributed by atoms with Crippen molar-refractivity contribution in [2.75, 3.05) is 38.0 Å². The number of carbonyl (C=O) groups is 1. The lowest BCUT2D eigenvalue weighted by Gasteiger charge is -2.26. The Morgan fingerprint density at radius 2 is 2.00 bits per heavy atom. The second-order valence-corrected chi connectivity index (χ2v) is 5.41. The molecule has 4 heteroatoms. The lowest BCUT2D eigenvalue weighted by Crippen LogP contribution is -2.46. The zero-order valence-electron chi connectivity index (χ0n) is 11.2. The van der Waals surface area contributed by atoms with Crippen molar-refractivity contribution in [2.24, 2.45) is 0 Å². The highest BCUT2D eigenvalue weighted by atomic mass is 16.2. The van der Waals surface area contributed by atoms with Crippen LogP contribution in [0.1, 0.15) is 17.5 Å². The number of benzene rings is 1. The number of hydrogen-bond acceptors (Lipinski definition) is 3. The van der Waals surface area contributed by atoms with E-state index in [4.69, 9.17) is 0 Å². The first-order valence-electron chi connectivity index (χ1n) is 7.16. The Morgan fingerprint density at radius 3 is 2.84 bits per heavy atom. The fraction of sp³-hybridized carbons (Fsp3) is 0.533. The molecule has 0 saturated carbocycles. The smallest absolute Gasteiger partial charge is 0.238 e. The first kappa shape index (κ1) is 12.6. The predicted octanol–water partition coefficient (Wildman–Crippen LogP) is 1.02. The molecule has 1 aliphatic heterocycles. The number of aryl methyl sites for hydroxylation is 2. The van der Waals surface area contributed by atoms with Gasteiger partial charge in [0.1, 0.15) is 0 Å². The minimum absolute atomic E-state index is 0.0971. The Kier molecular flexibility index (Phi) is 3.80. The van der Waals surface area contributed by atoms with Crippen LogP contribution >= 0.6 is 0 Å².